The van der Waals surface area contributed by atoms with Crippen molar-refractivity contribution in [1.82, 2.24) is 0 Å². The Morgan fingerprint density at radius 2 is 1.87 bits per heavy atom. The number of phenolic OH excluding ortho intramolecular Hbond substituents is 1. The molecule has 0 saturated heterocycles. The van der Waals surface area contributed by atoms with Gasteiger partial charge in [-0.05, 0) is 18.6 Å². The Morgan fingerprint density at radius 3 is 2.47 bits per heavy atom. The SMILES string of the molecule is Oc1ccccc1OCCCC(F)(F)F. The monoisotopic (exact) mass is 220 g/mol. The van der Waals surface area contributed by atoms with Crippen LogP contribution < -0.4 is 4.74 Å². The molecule has 1 aromatic carbocycles. The van der Waals surface area contributed by atoms with Gasteiger partial charge in [-0.1, -0.05) is 12.1 Å². The number of alkyl halides is 3. The summed E-state index contributed by atoms with van der Waals surface area (Å²) in [6, 6.07) is 6.17. The maximum absolute atomic E-state index is 11.8. The Hall–Kier alpha value is -1.39. The van der Waals surface area contributed by atoms with Crippen LogP contribution in [-0.2, 0) is 0 Å². The van der Waals surface area contributed by atoms with E-state index in [1.807, 2.05) is 0 Å². The van der Waals surface area contributed by atoms with E-state index in [9.17, 15) is 18.3 Å². The first-order valence-corrected chi connectivity index (χ1v) is 4.46. The molecule has 1 aromatic rings. The highest BCUT2D eigenvalue weighted by Gasteiger charge is 2.26. The molecule has 1 rings (SSSR count). The van der Waals surface area contributed by atoms with Crippen LogP contribution in [-0.4, -0.2) is 17.9 Å². The lowest BCUT2D eigenvalue weighted by Crippen LogP contribution is -2.09. The predicted octanol–water partition coefficient (Wildman–Crippen LogP) is 3.11. The minimum absolute atomic E-state index is 0.0584. The summed E-state index contributed by atoms with van der Waals surface area (Å²) in [5, 5.41) is 9.22. The van der Waals surface area contributed by atoms with Crippen molar-refractivity contribution in [2.75, 3.05) is 6.61 Å². The van der Waals surface area contributed by atoms with Gasteiger partial charge in [-0.3, -0.25) is 0 Å². The molecule has 0 aromatic heterocycles. The Balaban J connectivity index is 2.30. The lowest BCUT2D eigenvalue weighted by molar-refractivity contribution is -0.136. The van der Waals surface area contributed by atoms with E-state index in [4.69, 9.17) is 4.74 Å². The van der Waals surface area contributed by atoms with Gasteiger partial charge in [0.05, 0.1) is 6.61 Å². The second-order valence-electron chi connectivity index (χ2n) is 3.03. The van der Waals surface area contributed by atoms with Gasteiger partial charge in [-0.25, -0.2) is 0 Å². The highest BCUT2D eigenvalue weighted by molar-refractivity contribution is 5.37. The van der Waals surface area contributed by atoms with Crippen molar-refractivity contribution in [1.29, 1.82) is 0 Å². The smallest absolute Gasteiger partial charge is 0.389 e. The van der Waals surface area contributed by atoms with E-state index in [1.165, 1.54) is 12.1 Å². The van der Waals surface area contributed by atoms with Crippen LogP contribution in [0.5, 0.6) is 11.5 Å². The fourth-order valence-electron chi connectivity index (χ4n) is 1.03. The van der Waals surface area contributed by atoms with Crippen LogP contribution in [0.1, 0.15) is 12.8 Å². The molecule has 0 saturated carbocycles. The third-order valence-corrected chi connectivity index (χ3v) is 1.73. The lowest BCUT2D eigenvalue weighted by Gasteiger charge is -2.08. The van der Waals surface area contributed by atoms with Gasteiger partial charge < -0.3 is 9.84 Å². The van der Waals surface area contributed by atoms with Crippen molar-refractivity contribution < 1.29 is 23.0 Å². The van der Waals surface area contributed by atoms with E-state index in [1.54, 1.807) is 12.1 Å². The van der Waals surface area contributed by atoms with E-state index in [-0.39, 0.29) is 24.5 Å². The molecule has 15 heavy (non-hydrogen) atoms. The van der Waals surface area contributed by atoms with E-state index in [0.29, 0.717) is 0 Å². The van der Waals surface area contributed by atoms with Crippen molar-refractivity contribution in [3.63, 3.8) is 0 Å². The summed E-state index contributed by atoms with van der Waals surface area (Å²) in [5.74, 6) is 0.143. The first kappa shape index (κ1) is 11.7. The fourth-order valence-corrected chi connectivity index (χ4v) is 1.03. The van der Waals surface area contributed by atoms with Crippen LogP contribution in [0.2, 0.25) is 0 Å². The van der Waals surface area contributed by atoms with Crippen LogP contribution in [0.3, 0.4) is 0 Å². The van der Waals surface area contributed by atoms with E-state index < -0.39 is 12.6 Å². The number of para-hydroxylation sites is 2. The number of phenols is 1. The van der Waals surface area contributed by atoms with Crippen molar-refractivity contribution in [3.8, 4) is 11.5 Å². The summed E-state index contributed by atoms with van der Waals surface area (Å²) in [5.41, 5.74) is 0. The number of rotatable bonds is 4. The molecule has 0 aliphatic rings. The molecule has 0 atom stereocenters. The topological polar surface area (TPSA) is 29.5 Å². The molecule has 0 unspecified atom stereocenters. The molecule has 0 spiro atoms. The molecule has 0 aliphatic heterocycles. The molecule has 0 radical (unpaired) electrons. The van der Waals surface area contributed by atoms with Gasteiger partial charge in [0.25, 0.3) is 0 Å². The Labute approximate surface area is 85.3 Å². The van der Waals surface area contributed by atoms with Gasteiger partial charge in [0, 0.05) is 6.42 Å². The van der Waals surface area contributed by atoms with Gasteiger partial charge in [0.15, 0.2) is 11.5 Å². The van der Waals surface area contributed by atoms with Crippen molar-refractivity contribution >= 4 is 0 Å². The maximum Gasteiger partial charge on any atom is 0.389 e. The summed E-state index contributed by atoms with van der Waals surface area (Å²) in [4.78, 5) is 0. The number of aromatic hydroxyl groups is 1. The molecular formula is C10H11F3O2. The lowest BCUT2D eigenvalue weighted by atomic mass is 10.3. The van der Waals surface area contributed by atoms with Crippen LogP contribution in [0, 0.1) is 0 Å². The quantitative estimate of drug-likeness (QED) is 0.790. The van der Waals surface area contributed by atoms with Crippen LogP contribution in [0.25, 0.3) is 0 Å². The van der Waals surface area contributed by atoms with Crippen molar-refractivity contribution in [3.05, 3.63) is 24.3 Å². The highest BCUT2D eigenvalue weighted by atomic mass is 19.4. The van der Waals surface area contributed by atoms with Gasteiger partial charge in [0.2, 0.25) is 0 Å². The van der Waals surface area contributed by atoms with E-state index in [0.717, 1.165) is 0 Å². The van der Waals surface area contributed by atoms with E-state index in [2.05, 4.69) is 0 Å². The average Bonchev–Trinajstić information content (AvgIpc) is 2.13. The molecule has 0 bridgehead atoms. The van der Waals surface area contributed by atoms with Crippen molar-refractivity contribution in [2.24, 2.45) is 0 Å². The third kappa shape index (κ3) is 4.58. The largest absolute Gasteiger partial charge is 0.504 e. The molecule has 0 fully saturated rings. The molecule has 5 heteroatoms. The molecular weight excluding hydrogens is 209 g/mol. The number of hydrogen-bond acceptors (Lipinski definition) is 2. The molecule has 0 heterocycles. The van der Waals surface area contributed by atoms with Gasteiger partial charge in [-0.2, -0.15) is 13.2 Å². The van der Waals surface area contributed by atoms with E-state index >= 15 is 0 Å². The fraction of sp³-hybridized carbons (Fsp3) is 0.400. The van der Waals surface area contributed by atoms with Gasteiger partial charge >= 0.3 is 6.18 Å². The zero-order valence-corrected chi connectivity index (χ0v) is 7.92. The maximum atomic E-state index is 11.8. The Bertz CT molecular complexity index is 310. The summed E-state index contributed by atoms with van der Waals surface area (Å²) in [7, 11) is 0. The van der Waals surface area contributed by atoms with Crippen molar-refractivity contribution in [2.45, 2.75) is 19.0 Å². The third-order valence-electron chi connectivity index (χ3n) is 1.73. The Kier molecular flexibility index (Phi) is 3.82. The normalized spacial score (nSPS) is 11.4. The standard InChI is InChI=1S/C10H11F3O2/c11-10(12,13)6-3-7-15-9-5-2-1-4-8(9)14/h1-2,4-5,14H,3,6-7H2. The summed E-state index contributed by atoms with van der Waals surface area (Å²) < 4.78 is 40.2. The predicted molar refractivity (Wildman–Crippen MR) is 48.9 cm³/mol. The minimum atomic E-state index is -4.15. The number of hydrogen-bond donors (Lipinski definition) is 1. The Morgan fingerprint density at radius 1 is 1.20 bits per heavy atom. The average molecular weight is 220 g/mol. The summed E-state index contributed by atoms with van der Waals surface area (Å²) >= 11 is 0. The minimum Gasteiger partial charge on any atom is -0.504 e. The second-order valence-corrected chi connectivity index (χ2v) is 3.03. The van der Waals surface area contributed by atoms with Crippen LogP contribution in [0.4, 0.5) is 13.2 Å². The van der Waals surface area contributed by atoms with Gasteiger partial charge in [-0.15, -0.1) is 0 Å². The van der Waals surface area contributed by atoms with Gasteiger partial charge in [0.1, 0.15) is 0 Å². The first-order valence-electron chi connectivity index (χ1n) is 4.46. The molecule has 0 aliphatic carbocycles. The molecule has 2 nitrogen and oxygen atoms in total. The number of benzene rings is 1. The van der Waals surface area contributed by atoms with Crippen LogP contribution >= 0.6 is 0 Å². The zero-order valence-electron chi connectivity index (χ0n) is 7.92. The highest BCUT2D eigenvalue weighted by Crippen LogP contribution is 2.25. The first-order chi connectivity index (χ1) is 6.99. The second kappa shape index (κ2) is 4.91. The van der Waals surface area contributed by atoms with Crippen LogP contribution in [0.15, 0.2) is 24.3 Å². The molecule has 84 valence electrons. The zero-order chi connectivity index (χ0) is 11.3. The number of halogens is 3. The molecule has 0 amide bonds. The summed E-state index contributed by atoms with van der Waals surface area (Å²) in [6.07, 6.45) is -5.14. The summed E-state index contributed by atoms with van der Waals surface area (Å²) in [6.45, 7) is -0.0584. The number of ether oxygens (including phenoxy) is 1. The molecule has 1 N–H and O–H groups in total.